The van der Waals surface area contributed by atoms with Crippen LogP contribution >= 0.6 is 0 Å². The van der Waals surface area contributed by atoms with Gasteiger partial charge in [0.25, 0.3) is 0 Å². The number of hydrogen-bond acceptors (Lipinski definition) is 5. The van der Waals surface area contributed by atoms with Crippen molar-refractivity contribution in [2.24, 2.45) is 5.73 Å². The number of hydrogen-bond donors (Lipinski definition) is 2. The molecule has 0 unspecified atom stereocenters. The largest absolute Gasteiger partial charge is 0.370 e. The second-order valence-electron chi connectivity index (χ2n) is 5.67. The van der Waals surface area contributed by atoms with E-state index in [9.17, 15) is 4.79 Å². The van der Waals surface area contributed by atoms with Crippen LogP contribution in [0.2, 0.25) is 0 Å². The molecular weight excluding hydrogens is 266 g/mol. The molecule has 0 aliphatic carbocycles. The van der Waals surface area contributed by atoms with Crippen LogP contribution in [0.1, 0.15) is 19.3 Å². The average Bonchev–Trinajstić information content (AvgIpc) is 2.48. The molecule has 21 heavy (non-hydrogen) atoms. The first-order chi connectivity index (χ1) is 10.1. The molecule has 1 saturated heterocycles. The summed E-state index contributed by atoms with van der Waals surface area (Å²) in [4.78, 5) is 20.4. The number of anilines is 2. The van der Waals surface area contributed by atoms with Crippen LogP contribution in [0.3, 0.4) is 0 Å². The van der Waals surface area contributed by atoms with Crippen molar-refractivity contribution >= 4 is 17.4 Å². The lowest BCUT2D eigenvalue weighted by Crippen LogP contribution is -2.42. The summed E-state index contributed by atoms with van der Waals surface area (Å²) in [5, 5.41) is 2.74. The molecule has 6 nitrogen and oxygen atoms in total. The van der Waals surface area contributed by atoms with Gasteiger partial charge in [0.2, 0.25) is 5.91 Å². The van der Waals surface area contributed by atoms with Crippen LogP contribution < -0.4 is 16.0 Å². The summed E-state index contributed by atoms with van der Waals surface area (Å²) in [6.45, 7) is 2.44. The summed E-state index contributed by atoms with van der Waals surface area (Å²) < 4.78 is 0. The highest BCUT2D eigenvalue weighted by atomic mass is 16.1. The van der Waals surface area contributed by atoms with Crippen molar-refractivity contribution < 1.29 is 4.79 Å². The van der Waals surface area contributed by atoms with Crippen molar-refractivity contribution in [3.8, 4) is 0 Å². The predicted octanol–water partition coefficient (Wildman–Crippen LogP) is 0.899. The fraction of sp³-hybridized carbons (Fsp3) is 0.600. The highest BCUT2D eigenvalue weighted by Gasteiger charge is 2.20. The summed E-state index contributed by atoms with van der Waals surface area (Å²) in [5.41, 5.74) is 6.46. The van der Waals surface area contributed by atoms with E-state index in [1.165, 1.54) is 12.8 Å². The van der Waals surface area contributed by atoms with Crippen molar-refractivity contribution in [1.82, 2.24) is 9.88 Å². The molecule has 0 radical (unpaired) electrons. The Labute approximate surface area is 126 Å². The molecule has 0 saturated carbocycles. The number of carbonyl (C=O) groups is 1. The third-order valence-corrected chi connectivity index (χ3v) is 3.95. The summed E-state index contributed by atoms with van der Waals surface area (Å²) in [7, 11) is 4.28. The van der Waals surface area contributed by atoms with Gasteiger partial charge in [0.1, 0.15) is 5.82 Å². The third kappa shape index (κ3) is 4.41. The number of nitrogens with two attached hydrogens (primary N) is 1. The maximum absolute atomic E-state index is 11.5. The van der Waals surface area contributed by atoms with Gasteiger partial charge in [-0.05, 0) is 39.1 Å². The summed E-state index contributed by atoms with van der Waals surface area (Å²) in [6.07, 6.45) is 4.49. The lowest BCUT2D eigenvalue weighted by Gasteiger charge is -2.36. The van der Waals surface area contributed by atoms with Crippen LogP contribution in [0.25, 0.3) is 0 Å². The van der Waals surface area contributed by atoms with Gasteiger partial charge in [-0.1, -0.05) is 0 Å². The second-order valence-corrected chi connectivity index (χ2v) is 5.67. The molecule has 3 N–H and O–H groups in total. The summed E-state index contributed by atoms with van der Waals surface area (Å²) in [6, 6.07) is 4.53. The van der Waals surface area contributed by atoms with Crippen LogP contribution in [0.4, 0.5) is 11.5 Å². The van der Waals surface area contributed by atoms with Crippen LogP contribution in [-0.2, 0) is 4.79 Å². The van der Waals surface area contributed by atoms with Gasteiger partial charge >= 0.3 is 0 Å². The van der Waals surface area contributed by atoms with Gasteiger partial charge in [-0.2, -0.15) is 0 Å². The molecular formula is C15H25N5O. The minimum Gasteiger partial charge on any atom is -0.370 e. The highest BCUT2D eigenvalue weighted by molar-refractivity contribution is 5.89. The zero-order valence-electron chi connectivity index (χ0n) is 12.9. The second kappa shape index (κ2) is 7.38. The molecule has 1 aliphatic heterocycles. The molecule has 0 aromatic carbocycles. The molecule has 116 valence electrons. The Hall–Kier alpha value is -1.66. The molecule has 1 fully saturated rings. The standard InChI is InChI=1S/C15H25N5O/c1-19(2)12-6-9-20(10-7-12)13-3-4-14(17-11-13)18-15(21)5-8-16/h3-4,11-12H,5-10,16H2,1-2H3,(H,17,18,21). The predicted molar refractivity (Wildman–Crippen MR) is 85.5 cm³/mol. The van der Waals surface area contributed by atoms with Crippen molar-refractivity contribution in [2.45, 2.75) is 25.3 Å². The number of nitrogens with zero attached hydrogens (tertiary/aromatic N) is 3. The van der Waals surface area contributed by atoms with Gasteiger partial charge in [-0.3, -0.25) is 4.79 Å². The molecule has 1 amide bonds. The van der Waals surface area contributed by atoms with E-state index in [-0.39, 0.29) is 5.91 Å². The van der Waals surface area contributed by atoms with E-state index in [4.69, 9.17) is 5.73 Å². The molecule has 2 rings (SSSR count). The van der Waals surface area contributed by atoms with E-state index >= 15 is 0 Å². The maximum atomic E-state index is 11.5. The van der Waals surface area contributed by atoms with Gasteiger partial charge in [-0.25, -0.2) is 4.98 Å². The Balaban J connectivity index is 1.89. The minimum absolute atomic E-state index is 0.0930. The Bertz CT molecular complexity index is 452. The number of rotatable bonds is 5. The smallest absolute Gasteiger partial charge is 0.226 e. The first-order valence-corrected chi connectivity index (χ1v) is 7.47. The summed E-state index contributed by atoms with van der Waals surface area (Å²) >= 11 is 0. The SMILES string of the molecule is CN(C)C1CCN(c2ccc(NC(=O)CCN)nc2)CC1. The van der Waals surface area contributed by atoms with E-state index in [1.807, 2.05) is 18.3 Å². The zero-order valence-corrected chi connectivity index (χ0v) is 12.9. The van der Waals surface area contributed by atoms with Crippen molar-refractivity contribution in [3.63, 3.8) is 0 Å². The number of amides is 1. The number of aromatic nitrogens is 1. The van der Waals surface area contributed by atoms with Gasteiger partial charge in [0, 0.05) is 32.1 Å². The molecule has 0 atom stereocenters. The van der Waals surface area contributed by atoms with Gasteiger partial charge < -0.3 is 20.9 Å². The average molecular weight is 291 g/mol. The van der Waals surface area contributed by atoms with Gasteiger partial charge in [0.15, 0.2) is 0 Å². The van der Waals surface area contributed by atoms with E-state index < -0.39 is 0 Å². The highest BCUT2D eigenvalue weighted by Crippen LogP contribution is 2.21. The van der Waals surface area contributed by atoms with Gasteiger partial charge in [0.05, 0.1) is 11.9 Å². The van der Waals surface area contributed by atoms with Crippen LogP contribution in [0, 0.1) is 0 Å². The Kier molecular flexibility index (Phi) is 5.52. The minimum atomic E-state index is -0.0930. The first-order valence-electron chi connectivity index (χ1n) is 7.47. The fourth-order valence-electron chi connectivity index (χ4n) is 2.62. The van der Waals surface area contributed by atoms with E-state index in [1.54, 1.807) is 0 Å². The van der Waals surface area contributed by atoms with Crippen LogP contribution in [0.5, 0.6) is 0 Å². The Morgan fingerprint density at radius 1 is 1.43 bits per heavy atom. The fourth-order valence-corrected chi connectivity index (χ4v) is 2.62. The van der Waals surface area contributed by atoms with Crippen LogP contribution in [0.15, 0.2) is 18.3 Å². The number of carbonyl (C=O) groups excluding carboxylic acids is 1. The lowest BCUT2D eigenvalue weighted by molar-refractivity contribution is -0.116. The lowest BCUT2D eigenvalue weighted by atomic mass is 10.0. The molecule has 1 aliphatic rings. The number of piperidine rings is 1. The quantitative estimate of drug-likeness (QED) is 0.843. The molecule has 6 heteroatoms. The van der Waals surface area contributed by atoms with Gasteiger partial charge in [-0.15, -0.1) is 0 Å². The van der Waals surface area contributed by atoms with E-state index in [2.05, 4.69) is 34.2 Å². The Morgan fingerprint density at radius 3 is 2.67 bits per heavy atom. The van der Waals surface area contributed by atoms with E-state index in [0.29, 0.717) is 24.8 Å². The normalized spacial score (nSPS) is 16.3. The topological polar surface area (TPSA) is 74.5 Å². The number of pyridine rings is 1. The molecule has 0 spiro atoms. The molecule has 1 aromatic rings. The number of nitrogens with one attached hydrogen (secondary N) is 1. The third-order valence-electron chi connectivity index (χ3n) is 3.95. The molecule has 1 aromatic heterocycles. The zero-order chi connectivity index (χ0) is 15.2. The maximum Gasteiger partial charge on any atom is 0.226 e. The summed E-state index contributed by atoms with van der Waals surface area (Å²) in [5.74, 6) is 0.491. The molecule has 0 bridgehead atoms. The van der Waals surface area contributed by atoms with E-state index in [0.717, 1.165) is 18.8 Å². The van der Waals surface area contributed by atoms with Crippen LogP contribution in [-0.4, -0.2) is 55.6 Å². The molecule has 2 heterocycles. The monoisotopic (exact) mass is 291 g/mol. The first kappa shape index (κ1) is 15.7. The van der Waals surface area contributed by atoms with Crippen molar-refractivity contribution in [1.29, 1.82) is 0 Å². The Morgan fingerprint density at radius 2 is 2.14 bits per heavy atom. The van der Waals surface area contributed by atoms with Crippen molar-refractivity contribution in [2.75, 3.05) is 43.9 Å². The van der Waals surface area contributed by atoms with Crippen molar-refractivity contribution in [3.05, 3.63) is 18.3 Å².